The Morgan fingerprint density at radius 2 is 2.50 bits per heavy atom. The second kappa shape index (κ2) is 1.96. The maximum absolute atomic E-state index is 5.04. The van der Waals surface area contributed by atoms with Crippen LogP contribution in [0.2, 0.25) is 0 Å². The highest BCUT2D eigenvalue weighted by Gasteiger charge is 1.98. The lowest BCUT2D eigenvalue weighted by molar-refractivity contribution is 0.439. The first-order valence-electron chi connectivity index (χ1n) is 2.18. The molecule has 8 heavy (non-hydrogen) atoms. The van der Waals surface area contributed by atoms with Crippen LogP contribution in [0.3, 0.4) is 0 Å². The summed E-state index contributed by atoms with van der Waals surface area (Å²) in [6.45, 7) is 1.73. The van der Waals surface area contributed by atoms with Gasteiger partial charge in [-0.05, 0) is 6.92 Å². The topological polar surface area (TPSA) is 64.9 Å². The average molecular weight is 110 g/mol. The van der Waals surface area contributed by atoms with Crippen molar-refractivity contribution in [3.63, 3.8) is 0 Å². The zero-order valence-electron chi connectivity index (χ0n) is 4.46. The highest BCUT2D eigenvalue weighted by Crippen LogP contribution is 1.76. The highest BCUT2D eigenvalue weighted by atomic mass is 16.5. The van der Waals surface area contributed by atoms with E-state index in [-0.39, 0.29) is 0 Å². The van der Waals surface area contributed by atoms with E-state index < -0.39 is 0 Å². The summed E-state index contributed by atoms with van der Waals surface area (Å²) in [5.74, 6) is 0.962. The Labute approximate surface area is 47.3 Å². The van der Waals surface area contributed by atoms with Gasteiger partial charge in [0.2, 0.25) is 0 Å². The van der Waals surface area contributed by atoms with Gasteiger partial charge in [0.1, 0.15) is 0 Å². The lowest BCUT2D eigenvalue weighted by Crippen LogP contribution is -2.23. The summed E-state index contributed by atoms with van der Waals surface area (Å²) < 4.78 is 4.57. The fourth-order valence-electron chi connectivity index (χ4n) is 0.381. The molecule has 5 heteroatoms. The molecular formula is C3H5BN3O. The molecule has 0 spiro atoms. The zero-order chi connectivity index (χ0) is 5.98. The Balaban J connectivity index is 2.84. The average Bonchev–Trinajstić information content (AvgIpc) is 2.14. The number of rotatable bonds is 1. The van der Waals surface area contributed by atoms with Crippen molar-refractivity contribution < 1.29 is 4.52 Å². The van der Waals surface area contributed by atoms with Crippen molar-refractivity contribution >= 4 is 13.2 Å². The molecule has 0 atom stereocenters. The monoisotopic (exact) mass is 110 g/mol. The lowest BCUT2D eigenvalue weighted by Gasteiger charge is -1.72. The predicted molar refractivity (Wildman–Crippen MR) is 28.6 cm³/mol. The molecule has 0 aliphatic heterocycles. The molecule has 0 aliphatic carbocycles. The quantitative estimate of drug-likeness (QED) is 0.450. The third-order valence-electron chi connectivity index (χ3n) is 0.686. The van der Waals surface area contributed by atoms with Crippen LogP contribution >= 0.6 is 0 Å². The van der Waals surface area contributed by atoms with Gasteiger partial charge in [-0.3, -0.25) is 0 Å². The zero-order valence-corrected chi connectivity index (χ0v) is 4.46. The van der Waals surface area contributed by atoms with Gasteiger partial charge in [0.15, 0.2) is 11.6 Å². The Morgan fingerprint density at radius 3 is 2.75 bits per heavy atom. The Bertz CT molecular complexity index is 175. The molecule has 0 amide bonds. The minimum atomic E-state index is 0.363. The SMILES string of the molecule is Cc1noc([B]N)n1. The van der Waals surface area contributed by atoms with Gasteiger partial charge in [0.05, 0.1) is 0 Å². The van der Waals surface area contributed by atoms with Crippen LogP contribution in [0.25, 0.3) is 0 Å². The van der Waals surface area contributed by atoms with Gasteiger partial charge in [0, 0.05) is 0 Å². The Hall–Kier alpha value is -0.835. The molecular weight excluding hydrogens is 105 g/mol. The first-order valence-corrected chi connectivity index (χ1v) is 2.18. The van der Waals surface area contributed by atoms with Gasteiger partial charge in [-0.2, -0.15) is 0 Å². The molecule has 1 heterocycles. The number of aryl methyl sites for hydroxylation is 1. The third-order valence-corrected chi connectivity index (χ3v) is 0.686. The van der Waals surface area contributed by atoms with Gasteiger partial charge in [-0.25, -0.2) is 4.98 Å². The Morgan fingerprint density at radius 1 is 1.75 bits per heavy atom. The molecule has 1 aromatic rings. The molecule has 0 saturated heterocycles. The normalized spacial score (nSPS) is 9.25. The van der Waals surface area contributed by atoms with Crippen molar-refractivity contribution in [2.45, 2.75) is 6.92 Å². The van der Waals surface area contributed by atoms with Crippen LogP contribution in [0.1, 0.15) is 5.82 Å². The number of aromatic nitrogens is 2. The van der Waals surface area contributed by atoms with E-state index in [0.29, 0.717) is 11.6 Å². The standard InChI is InChI=1S/C3H5BN3O/c1-2-6-3(4-5)8-7-2/h5H2,1H3. The fourth-order valence-corrected chi connectivity index (χ4v) is 0.381. The first kappa shape index (κ1) is 5.30. The van der Waals surface area contributed by atoms with E-state index in [4.69, 9.17) is 5.64 Å². The predicted octanol–water partition coefficient (Wildman–Crippen LogP) is -1.42. The van der Waals surface area contributed by atoms with Crippen LogP contribution in [-0.2, 0) is 0 Å². The minimum absolute atomic E-state index is 0.363. The summed E-state index contributed by atoms with van der Waals surface area (Å²) in [6.07, 6.45) is 0. The van der Waals surface area contributed by atoms with Crippen molar-refractivity contribution in [3.8, 4) is 0 Å². The summed E-state index contributed by atoms with van der Waals surface area (Å²) in [6, 6.07) is 0. The molecule has 0 bridgehead atoms. The molecule has 0 unspecified atom stereocenters. The van der Waals surface area contributed by atoms with Crippen LogP contribution in [0.5, 0.6) is 0 Å². The van der Waals surface area contributed by atoms with Crippen LogP contribution in [0.15, 0.2) is 4.52 Å². The number of nitrogens with two attached hydrogens (primary N) is 1. The van der Waals surface area contributed by atoms with Gasteiger partial charge < -0.3 is 10.2 Å². The van der Waals surface area contributed by atoms with E-state index in [9.17, 15) is 0 Å². The second-order valence-electron chi connectivity index (χ2n) is 1.35. The van der Waals surface area contributed by atoms with Crippen molar-refractivity contribution in [2.24, 2.45) is 5.64 Å². The second-order valence-corrected chi connectivity index (χ2v) is 1.35. The maximum atomic E-state index is 5.04. The number of nitrogens with zero attached hydrogens (tertiary/aromatic N) is 2. The van der Waals surface area contributed by atoms with E-state index >= 15 is 0 Å². The smallest absolute Gasteiger partial charge is 0.323 e. The van der Waals surface area contributed by atoms with Gasteiger partial charge in [0.25, 0.3) is 0 Å². The summed E-state index contributed by atoms with van der Waals surface area (Å²) in [5, 5.41) is 3.49. The summed E-state index contributed by atoms with van der Waals surface area (Å²) in [4.78, 5) is 3.77. The number of hydrogen-bond acceptors (Lipinski definition) is 4. The van der Waals surface area contributed by atoms with Crippen molar-refractivity contribution in [1.82, 2.24) is 10.1 Å². The molecule has 1 rings (SSSR count). The third kappa shape index (κ3) is 0.867. The van der Waals surface area contributed by atoms with Crippen molar-refractivity contribution in [1.29, 1.82) is 0 Å². The van der Waals surface area contributed by atoms with E-state index in [1.807, 2.05) is 0 Å². The fraction of sp³-hybridized carbons (Fsp3) is 0.333. The van der Waals surface area contributed by atoms with E-state index in [0.717, 1.165) is 0 Å². The molecule has 4 nitrogen and oxygen atoms in total. The maximum Gasteiger partial charge on any atom is 0.323 e. The van der Waals surface area contributed by atoms with Crippen LogP contribution in [-0.4, -0.2) is 17.6 Å². The minimum Gasteiger partial charge on any atom is -0.366 e. The largest absolute Gasteiger partial charge is 0.366 e. The lowest BCUT2D eigenvalue weighted by atomic mass is 9.99. The van der Waals surface area contributed by atoms with Gasteiger partial charge >= 0.3 is 7.41 Å². The van der Waals surface area contributed by atoms with Crippen LogP contribution in [0.4, 0.5) is 0 Å². The summed E-state index contributed by atoms with van der Waals surface area (Å²) >= 11 is 0. The van der Waals surface area contributed by atoms with Crippen molar-refractivity contribution in [2.75, 3.05) is 0 Å². The molecule has 1 aromatic heterocycles. The Kier molecular flexibility index (Phi) is 1.30. The highest BCUT2D eigenvalue weighted by molar-refractivity contribution is 6.46. The summed E-state index contributed by atoms with van der Waals surface area (Å²) in [7, 11) is 1.26. The molecule has 1 radical (unpaired) electrons. The summed E-state index contributed by atoms with van der Waals surface area (Å²) in [5.41, 5.74) is 5.04. The van der Waals surface area contributed by atoms with E-state index in [2.05, 4.69) is 14.7 Å². The van der Waals surface area contributed by atoms with Gasteiger partial charge in [-0.1, -0.05) is 5.16 Å². The molecule has 0 aliphatic rings. The van der Waals surface area contributed by atoms with E-state index in [1.165, 1.54) is 7.41 Å². The molecule has 41 valence electrons. The molecule has 0 saturated carbocycles. The first-order chi connectivity index (χ1) is 3.83. The molecule has 0 aromatic carbocycles. The number of hydrogen-bond donors (Lipinski definition) is 1. The van der Waals surface area contributed by atoms with E-state index in [1.54, 1.807) is 6.92 Å². The van der Waals surface area contributed by atoms with Gasteiger partial charge in [-0.15, -0.1) is 0 Å². The van der Waals surface area contributed by atoms with Crippen molar-refractivity contribution in [3.05, 3.63) is 5.82 Å². The van der Waals surface area contributed by atoms with Crippen LogP contribution in [0, 0.1) is 6.92 Å². The molecule has 0 fully saturated rings. The van der Waals surface area contributed by atoms with Crippen LogP contribution < -0.4 is 11.4 Å². The molecule has 2 N–H and O–H groups in total.